The molecule has 0 saturated heterocycles. The van der Waals surface area contributed by atoms with Crippen molar-refractivity contribution in [3.05, 3.63) is 23.8 Å². The highest BCUT2D eigenvalue weighted by molar-refractivity contribution is 6.05. The summed E-state index contributed by atoms with van der Waals surface area (Å²) in [5, 5.41) is 16.4. The third kappa shape index (κ3) is 2.40. The summed E-state index contributed by atoms with van der Waals surface area (Å²) in [5.41, 5.74) is 2.03. The van der Waals surface area contributed by atoms with E-state index in [1.165, 1.54) is 0 Å². The number of carbonyl (C=O) groups excluding carboxylic acids is 1. The van der Waals surface area contributed by atoms with Crippen molar-refractivity contribution in [3.8, 4) is 0 Å². The molecule has 0 aromatic heterocycles. The topological polar surface area (TPSA) is 64.6 Å². The van der Waals surface area contributed by atoms with Gasteiger partial charge in [-0.25, -0.2) is 0 Å². The second kappa shape index (κ2) is 4.01. The van der Waals surface area contributed by atoms with Gasteiger partial charge in [0.05, 0.1) is 11.4 Å². The molecule has 0 aliphatic carbocycles. The van der Waals surface area contributed by atoms with Crippen molar-refractivity contribution in [2.24, 2.45) is 0 Å². The number of fused-ring (bicyclic) bond motifs is 1. The Balaban J connectivity index is 2.31. The molecule has 2 rings (SSSR count). The molecule has 1 amide bonds. The lowest BCUT2D eigenvalue weighted by atomic mass is 9.99. The largest absolute Gasteiger partial charge is 0.370 e. The van der Waals surface area contributed by atoms with Crippen LogP contribution in [0.25, 0.3) is 0 Å². The molecule has 1 aromatic carbocycles. The Morgan fingerprint density at radius 2 is 2.06 bits per heavy atom. The molecule has 1 aliphatic rings. The predicted octanol–water partition coefficient (Wildman–Crippen LogP) is 1.65. The molecular formula is C12H17N3O2. The zero-order chi connectivity index (χ0) is 12.6. The van der Waals surface area contributed by atoms with Crippen LogP contribution in [0.1, 0.15) is 19.4 Å². The maximum atomic E-state index is 11.7. The standard InChI is InChI=1S/C12H17N3O2/c1-12(2)11(16)13-9-5-4-8(7-15(3)17)6-10(9)14-12/h4-6,14,17H,7H2,1-3H3,(H,13,16). The minimum atomic E-state index is -0.614. The van der Waals surface area contributed by atoms with Gasteiger partial charge in [-0.05, 0) is 31.5 Å². The SMILES string of the molecule is CN(O)Cc1ccc2c(c1)NC(C)(C)C(=O)N2. The summed E-state index contributed by atoms with van der Waals surface area (Å²) < 4.78 is 0. The molecule has 0 unspecified atom stereocenters. The molecule has 92 valence electrons. The third-order valence-electron chi connectivity index (χ3n) is 2.76. The monoisotopic (exact) mass is 235 g/mol. The second-order valence-electron chi connectivity index (χ2n) is 4.90. The molecule has 0 fully saturated rings. The number of rotatable bonds is 2. The predicted molar refractivity (Wildman–Crippen MR) is 66.0 cm³/mol. The van der Waals surface area contributed by atoms with Crippen LogP contribution in [0.2, 0.25) is 0 Å². The lowest BCUT2D eigenvalue weighted by Crippen LogP contribution is -2.47. The average Bonchev–Trinajstić information content (AvgIpc) is 2.18. The summed E-state index contributed by atoms with van der Waals surface area (Å²) in [7, 11) is 1.60. The smallest absolute Gasteiger partial charge is 0.249 e. The van der Waals surface area contributed by atoms with Crippen molar-refractivity contribution in [3.63, 3.8) is 0 Å². The summed E-state index contributed by atoms with van der Waals surface area (Å²) in [4.78, 5) is 11.7. The Bertz CT molecular complexity index is 455. The first kappa shape index (κ1) is 11.9. The van der Waals surface area contributed by atoms with E-state index in [1.54, 1.807) is 7.05 Å². The first-order chi connectivity index (χ1) is 7.88. The highest BCUT2D eigenvalue weighted by Gasteiger charge is 2.32. The van der Waals surface area contributed by atoms with E-state index in [0.29, 0.717) is 6.54 Å². The molecule has 3 N–H and O–H groups in total. The zero-order valence-corrected chi connectivity index (χ0v) is 10.2. The molecule has 0 spiro atoms. The average molecular weight is 235 g/mol. The second-order valence-corrected chi connectivity index (χ2v) is 4.90. The van der Waals surface area contributed by atoms with E-state index >= 15 is 0 Å². The molecule has 0 bridgehead atoms. The van der Waals surface area contributed by atoms with Crippen molar-refractivity contribution < 1.29 is 10.0 Å². The van der Waals surface area contributed by atoms with Crippen LogP contribution < -0.4 is 10.6 Å². The van der Waals surface area contributed by atoms with E-state index in [4.69, 9.17) is 0 Å². The lowest BCUT2D eigenvalue weighted by molar-refractivity contribution is -0.119. The highest BCUT2D eigenvalue weighted by Crippen LogP contribution is 2.31. The fourth-order valence-corrected chi connectivity index (χ4v) is 1.84. The fourth-order valence-electron chi connectivity index (χ4n) is 1.84. The van der Waals surface area contributed by atoms with Crippen LogP contribution in [-0.4, -0.2) is 28.8 Å². The lowest BCUT2D eigenvalue weighted by Gasteiger charge is -2.33. The quantitative estimate of drug-likeness (QED) is 0.682. The van der Waals surface area contributed by atoms with E-state index < -0.39 is 5.54 Å². The number of hydrogen-bond donors (Lipinski definition) is 3. The Hall–Kier alpha value is -1.59. The van der Waals surface area contributed by atoms with Crippen molar-refractivity contribution in [2.45, 2.75) is 25.9 Å². The van der Waals surface area contributed by atoms with Crippen LogP contribution in [0.3, 0.4) is 0 Å². The van der Waals surface area contributed by atoms with Crippen LogP contribution in [0.15, 0.2) is 18.2 Å². The van der Waals surface area contributed by atoms with Gasteiger partial charge >= 0.3 is 0 Å². The molecule has 5 nitrogen and oxygen atoms in total. The van der Waals surface area contributed by atoms with Gasteiger partial charge in [0.15, 0.2) is 0 Å². The third-order valence-corrected chi connectivity index (χ3v) is 2.76. The number of nitrogens with one attached hydrogen (secondary N) is 2. The highest BCUT2D eigenvalue weighted by atomic mass is 16.5. The van der Waals surface area contributed by atoms with Gasteiger partial charge in [0, 0.05) is 13.6 Å². The number of hydrogen-bond acceptors (Lipinski definition) is 4. The molecular weight excluding hydrogens is 218 g/mol. The maximum Gasteiger partial charge on any atom is 0.249 e. The van der Waals surface area contributed by atoms with Crippen LogP contribution in [0, 0.1) is 0 Å². The van der Waals surface area contributed by atoms with Crippen molar-refractivity contribution in [2.75, 3.05) is 17.7 Å². The van der Waals surface area contributed by atoms with Crippen molar-refractivity contribution in [1.82, 2.24) is 5.06 Å². The van der Waals surface area contributed by atoms with Gasteiger partial charge < -0.3 is 15.8 Å². The minimum Gasteiger partial charge on any atom is -0.370 e. The summed E-state index contributed by atoms with van der Waals surface area (Å²) in [6, 6.07) is 5.66. The number of benzene rings is 1. The van der Waals surface area contributed by atoms with Crippen LogP contribution >= 0.6 is 0 Å². The Morgan fingerprint density at radius 1 is 1.35 bits per heavy atom. The van der Waals surface area contributed by atoms with Gasteiger partial charge in [-0.15, -0.1) is 0 Å². The molecule has 0 saturated carbocycles. The van der Waals surface area contributed by atoms with Gasteiger partial charge in [0.1, 0.15) is 5.54 Å². The Kier molecular flexibility index (Phi) is 2.81. The summed E-state index contributed by atoms with van der Waals surface area (Å²) in [6.45, 7) is 4.11. The van der Waals surface area contributed by atoms with Gasteiger partial charge in [-0.3, -0.25) is 4.79 Å². The summed E-state index contributed by atoms with van der Waals surface area (Å²) >= 11 is 0. The molecule has 0 atom stereocenters. The van der Waals surface area contributed by atoms with Crippen molar-refractivity contribution in [1.29, 1.82) is 0 Å². The number of amides is 1. The molecule has 1 heterocycles. The maximum absolute atomic E-state index is 11.7. The number of anilines is 2. The molecule has 17 heavy (non-hydrogen) atoms. The number of carbonyl (C=O) groups is 1. The van der Waals surface area contributed by atoms with Gasteiger partial charge in [-0.1, -0.05) is 6.07 Å². The molecule has 1 aliphatic heterocycles. The summed E-state index contributed by atoms with van der Waals surface area (Å²) in [6.07, 6.45) is 0. The van der Waals surface area contributed by atoms with E-state index in [-0.39, 0.29) is 5.91 Å². The fraction of sp³-hybridized carbons (Fsp3) is 0.417. The first-order valence-corrected chi connectivity index (χ1v) is 5.51. The van der Waals surface area contributed by atoms with Crippen LogP contribution in [0.5, 0.6) is 0 Å². The molecule has 1 aromatic rings. The van der Waals surface area contributed by atoms with E-state index in [0.717, 1.165) is 22.0 Å². The first-order valence-electron chi connectivity index (χ1n) is 5.51. The Morgan fingerprint density at radius 3 is 2.71 bits per heavy atom. The van der Waals surface area contributed by atoms with E-state index in [9.17, 15) is 10.0 Å². The van der Waals surface area contributed by atoms with Gasteiger partial charge in [-0.2, -0.15) is 5.06 Å². The zero-order valence-electron chi connectivity index (χ0n) is 10.2. The van der Waals surface area contributed by atoms with E-state index in [1.807, 2.05) is 32.0 Å². The van der Waals surface area contributed by atoms with Crippen LogP contribution in [-0.2, 0) is 11.3 Å². The Labute approximate surface area is 100 Å². The normalized spacial score (nSPS) is 17.4. The minimum absolute atomic E-state index is 0.0444. The van der Waals surface area contributed by atoms with Crippen molar-refractivity contribution >= 4 is 17.3 Å². The van der Waals surface area contributed by atoms with Gasteiger partial charge in [0.25, 0.3) is 0 Å². The summed E-state index contributed by atoms with van der Waals surface area (Å²) in [5.74, 6) is -0.0444. The van der Waals surface area contributed by atoms with E-state index in [2.05, 4.69) is 10.6 Å². The molecule has 5 heteroatoms. The number of nitrogens with zero attached hydrogens (tertiary/aromatic N) is 1. The molecule has 0 radical (unpaired) electrons. The number of hydroxylamine groups is 2. The van der Waals surface area contributed by atoms with Gasteiger partial charge in [0.2, 0.25) is 5.91 Å². The van der Waals surface area contributed by atoms with Crippen LogP contribution in [0.4, 0.5) is 11.4 Å².